The number of hydrazine groups is 1. The molecule has 6 heteroatoms. The molecule has 2 saturated heterocycles. The van der Waals surface area contributed by atoms with Crippen molar-refractivity contribution in [3.63, 3.8) is 0 Å². The van der Waals surface area contributed by atoms with Crippen LogP contribution in [0.15, 0.2) is 54.6 Å². The Hall–Kier alpha value is -1.92. The van der Waals surface area contributed by atoms with E-state index in [4.69, 9.17) is 16.3 Å². The van der Waals surface area contributed by atoms with Crippen molar-refractivity contribution >= 4 is 17.5 Å². The lowest BCUT2D eigenvalue weighted by atomic mass is 9.97. The van der Waals surface area contributed by atoms with Crippen LogP contribution in [-0.2, 0) is 22.4 Å². The van der Waals surface area contributed by atoms with E-state index in [-0.39, 0.29) is 11.9 Å². The Morgan fingerprint density at radius 2 is 1.62 bits per heavy atom. The van der Waals surface area contributed by atoms with Crippen molar-refractivity contribution in [3.05, 3.63) is 70.7 Å². The van der Waals surface area contributed by atoms with E-state index in [1.807, 2.05) is 29.3 Å². The van der Waals surface area contributed by atoms with Crippen molar-refractivity contribution in [2.45, 2.75) is 18.9 Å². The third-order valence-electron chi connectivity index (χ3n) is 5.80. The summed E-state index contributed by atoms with van der Waals surface area (Å²) in [6, 6.07) is 18.8. The topological polar surface area (TPSA) is 36.0 Å². The van der Waals surface area contributed by atoms with Crippen LogP contribution in [0.1, 0.15) is 11.1 Å². The largest absolute Gasteiger partial charge is 0.379 e. The lowest BCUT2D eigenvalue weighted by molar-refractivity contribution is -0.165. The van der Waals surface area contributed by atoms with Gasteiger partial charge in [-0.05, 0) is 30.0 Å². The minimum absolute atomic E-state index is 0.176. The highest BCUT2D eigenvalue weighted by atomic mass is 35.5. The first-order valence-corrected chi connectivity index (χ1v) is 10.7. The number of piperazine rings is 1. The van der Waals surface area contributed by atoms with E-state index in [0.717, 1.165) is 49.6 Å². The van der Waals surface area contributed by atoms with Crippen LogP contribution < -0.4 is 0 Å². The van der Waals surface area contributed by atoms with E-state index in [1.54, 1.807) is 0 Å². The van der Waals surface area contributed by atoms with Gasteiger partial charge in [0.2, 0.25) is 0 Å². The number of carbonyl (C=O) groups excluding carboxylic acids is 1. The van der Waals surface area contributed by atoms with E-state index in [9.17, 15) is 4.79 Å². The molecule has 1 atom stereocenters. The van der Waals surface area contributed by atoms with Gasteiger partial charge in [-0.2, -0.15) is 0 Å². The SMILES string of the molecule is O=C1CN(C(Cc2ccccc2)Cc2ccccc2Cl)CCN1N1CCOCC1. The Labute approximate surface area is 177 Å². The van der Waals surface area contributed by atoms with Crippen LogP contribution in [0.2, 0.25) is 5.02 Å². The standard InChI is InChI=1S/C23H28ClN3O2/c24-22-9-5-4-8-20(22)17-21(16-19-6-2-1-3-7-19)25-10-11-27(23(28)18-25)26-12-14-29-15-13-26/h1-9,21H,10-18H2. The van der Waals surface area contributed by atoms with Crippen molar-refractivity contribution in [3.8, 4) is 0 Å². The highest BCUT2D eigenvalue weighted by Crippen LogP contribution is 2.22. The van der Waals surface area contributed by atoms with Gasteiger partial charge in [0.05, 0.1) is 26.3 Å². The number of amides is 1. The number of nitrogens with zero attached hydrogens (tertiary/aromatic N) is 3. The van der Waals surface area contributed by atoms with Crippen LogP contribution in [0.3, 0.4) is 0 Å². The zero-order chi connectivity index (χ0) is 20.1. The first-order valence-electron chi connectivity index (χ1n) is 10.3. The molecule has 2 aliphatic rings. The molecule has 2 fully saturated rings. The molecule has 0 N–H and O–H groups in total. The van der Waals surface area contributed by atoms with Crippen molar-refractivity contribution in [1.29, 1.82) is 0 Å². The molecule has 1 amide bonds. The molecule has 0 spiro atoms. The van der Waals surface area contributed by atoms with Crippen LogP contribution >= 0.6 is 11.6 Å². The summed E-state index contributed by atoms with van der Waals surface area (Å²) in [7, 11) is 0. The van der Waals surface area contributed by atoms with Gasteiger partial charge in [-0.1, -0.05) is 60.1 Å². The molecule has 2 aliphatic heterocycles. The summed E-state index contributed by atoms with van der Waals surface area (Å²) in [6.07, 6.45) is 1.73. The average molecular weight is 414 g/mol. The number of rotatable bonds is 6. The van der Waals surface area contributed by atoms with Crippen molar-refractivity contribution < 1.29 is 9.53 Å². The number of hydrogen-bond donors (Lipinski definition) is 0. The minimum atomic E-state index is 0.176. The number of morpholine rings is 1. The Kier molecular flexibility index (Phi) is 6.82. The molecular formula is C23H28ClN3O2. The van der Waals surface area contributed by atoms with Gasteiger partial charge < -0.3 is 4.74 Å². The monoisotopic (exact) mass is 413 g/mol. The van der Waals surface area contributed by atoms with Crippen LogP contribution in [0, 0.1) is 0 Å². The predicted molar refractivity (Wildman–Crippen MR) is 115 cm³/mol. The number of benzene rings is 2. The van der Waals surface area contributed by atoms with Crippen molar-refractivity contribution in [2.75, 3.05) is 45.9 Å². The molecule has 0 saturated carbocycles. The van der Waals surface area contributed by atoms with Gasteiger partial charge >= 0.3 is 0 Å². The summed E-state index contributed by atoms with van der Waals surface area (Å²) >= 11 is 6.45. The summed E-state index contributed by atoms with van der Waals surface area (Å²) in [5, 5.41) is 4.86. The summed E-state index contributed by atoms with van der Waals surface area (Å²) in [5.41, 5.74) is 2.42. The summed E-state index contributed by atoms with van der Waals surface area (Å²) < 4.78 is 5.43. The van der Waals surface area contributed by atoms with E-state index >= 15 is 0 Å². The predicted octanol–water partition coefficient (Wildman–Crippen LogP) is 2.89. The number of hydrogen-bond acceptors (Lipinski definition) is 4. The Balaban J connectivity index is 1.48. The van der Waals surface area contributed by atoms with Crippen molar-refractivity contribution in [1.82, 2.24) is 14.9 Å². The third kappa shape index (κ3) is 5.17. The first-order chi connectivity index (χ1) is 14.2. The van der Waals surface area contributed by atoms with Gasteiger partial charge in [-0.15, -0.1) is 0 Å². The average Bonchev–Trinajstić information content (AvgIpc) is 2.76. The first kappa shape index (κ1) is 20.4. The van der Waals surface area contributed by atoms with Gasteiger partial charge in [0.15, 0.2) is 0 Å². The number of halogens is 1. The van der Waals surface area contributed by atoms with Crippen LogP contribution in [0.25, 0.3) is 0 Å². The maximum absolute atomic E-state index is 13.0. The Bertz CT molecular complexity index is 811. The highest BCUT2D eigenvalue weighted by molar-refractivity contribution is 6.31. The fraction of sp³-hybridized carbons (Fsp3) is 0.435. The summed E-state index contributed by atoms with van der Waals surface area (Å²) in [6.45, 7) is 5.00. The molecule has 0 bridgehead atoms. The molecule has 2 aromatic rings. The quantitative estimate of drug-likeness (QED) is 0.729. The van der Waals surface area contributed by atoms with E-state index < -0.39 is 0 Å². The van der Waals surface area contributed by atoms with Crippen LogP contribution in [0.4, 0.5) is 0 Å². The lowest BCUT2D eigenvalue weighted by Gasteiger charge is -2.44. The number of ether oxygens (including phenoxy) is 1. The van der Waals surface area contributed by atoms with E-state index in [0.29, 0.717) is 19.8 Å². The summed E-state index contributed by atoms with van der Waals surface area (Å²) in [5.74, 6) is 0.176. The fourth-order valence-corrected chi connectivity index (χ4v) is 4.44. The Morgan fingerprint density at radius 3 is 2.34 bits per heavy atom. The van der Waals surface area contributed by atoms with Crippen molar-refractivity contribution in [2.24, 2.45) is 0 Å². The van der Waals surface area contributed by atoms with E-state index in [2.05, 4.69) is 40.2 Å². The van der Waals surface area contributed by atoms with E-state index in [1.165, 1.54) is 5.56 Å². The van der Waals surface area contributed by atoms with Gasteiger partial charge in [0.1, 0.15) is 0 Å². The smallest absolute Gasteiger partial charge is 0.251 e. The molecule has 154 valence electrons. The van der Waals surface area contributed by atoms with Crippen LogP contribution in [-0.4, -0.2) is 72.8 Å². The molecule has 5 nitrogen and oxygen atoms in total. The fourth-order valence-electron chi connectivity index (χ4n) is 4.22. The minimum Gasteiger partial charge on any atom is -0.379 e. The molecule has 1 unspecified atom stereocenters. The molecule has 29 heavy (non-hydrogen) atoms. The van der Waals surface area contributed by atoms with Crippen LogP contribution in [0.5, 0.6) is 0 Å². The zero-order valence-corrected chi connectivity index (χ0v) is 17.4. The number of carbonyl (C=O) groups is 1. The van der Waals surface area contributed by atoms with Gasteiger partial charge in [-0.3, -0.25) is 14.7 Å². The molecule has 2 aromatic carbocycles. The maximum Gasteiger partial charge on any atom is 0.251 e. The second kappa shape index (κ2) is 9.72. The maximum atomic E-state index is 13.0. The normalized spacial score (nSPS) is 20.0. The molecular weight excluding hydrogens is 386 g/mol. The van der Waals surface area contributed by atoms with Gasteiger partial charge in [0.25, 0.3) is 5.91 Å². The lowest BCUT2D eigenvalue weighted by Crippen LogP contribution is -2.61. The Morgan fingerprint density at radius 1 is 0.897 bits per heavy atom. The van der Waals surface area contributed by atoms with Gasteiger partial charge in [0, 0.05) is 30.7 Å². The molecule has 0 radical (unpaired) electrons. The van der Waals surface area contributed by atoms with Gasteiger partial charge in [-0.25, -0.2) is 5.01 Å². The molecule has 4 rings (SSSR count). The highest BCUT2D eigenvalue weighted by Gasteiger charge is 2.32. The zero-order valence-electron chi connectivity index (χ0n) is 16.7. The molecule has 2 heterocycles. The second-order valence-electron chi connectivity index (χ2n) is 7.69. The molecule has 0 aromatic heterocycles. The molecule has 0 aliphatic carbocycles. The second-order valence-corrected chi connectivity index (χ2v) is 8.10. The summed E-state index contributed by atoms with van der Waals surface area (Å²) in [4.78, 5) is 15.3. The third-order valence-corrected chi connectivity index (χ3v) is 6.17.